The number of esters is 1. The summed E-state index contributed by atoms with van der Waals surface area (Å²) in [7, 11) is -1.28. The van der Waals surface area contributed by atoms with Crippen molar-refractivity contribution < 1.29 is 32.3 Å². The molecule has 148 valence electrons. The first kappa shape index (κ1) is 21.5. The lowest BCUT2D eigenvalue weighted by Gasteiger charge is -2.22. The number of rotatable bonds is 10. The van der Waals surface area contributed by atoms with Crippen molar-refractivity contribution in [2.24, 2.45) is 0 Å². The van der Waals surface area contributed by atoms with Gasteiger partial charge in [-0.15, -0.1) is 0 Å². The summed E-state index contributed by atoms with van der Waals surface area (Å²) in [6.07, 6.45) is 1.86. The van der Waals surface area contributed by atoms with Crippen LogP contribution in [-0.2, 0) is 23.1 Å². The number of aryl methyl sites for hydroxylation is 1. The average molecular weight is 417 g/mol. The minimum Gasteiger partial charge on any atom is -0.493 e. The van der Waals surface area contributed by atoms with Gasteiger partial charge in [0.05, 0.1) is 12.9 Å². The smallest absolute Gasteiger partial charge is 0.378 e. The monoisotopic (exact) mass is 416 g/mol. The van der Waals surface area contributed by atoms with Crippen molar-refractivity contribution in [2.75, 3.05) is 20.8 Å². The Balaban J connectivity index is 1.89. The van der Waals surface area contributed by atoms with Gasteiger partial charge in [-0.25, -0.2) is 0 Å². The molecule has 0 fully saturated rings. The van der Waals surface area contributed by atoms with Crippen molar-refractivity contribution in [3.63, 3.8) is 0 Å². The van der Waals surface area contributed by atoms with Crippen LogP contribution in [-0.4, -0.2) is 26.8 Å². The van der Waals surface area contributed by atoms with Gasteiger partial charge in [-0.05, 0) is 49.2 Å². The minimum atomic E-state index is -3.71. The predicted molar refractivity (Wildman–Crippen MR) is 100 cm³/mol. The quantitative estimate of drug-likeness (QED) is 0.301. The third kappa shape index (κ3) is 5.84. The van der Waals surface area contributed by atoms with E-state index in [0.29, 0.717) is 23.8 Å². The van der Waals surface area contributed by atoms with Crippen molar-refractivity contribution in [1.29, 1.82) is 0 Å². The highest BCUT2D eigenvalue weighted by Gasteiger charge is 2.41. The molecule has 2 aromatic rings. The van der Waals surface area contributed by atoms with Crippen LogP contribution in [0.1, 0.15) is 30.0 Å². The molecule has 1 atom stereocenters. The molecule has 0 saturated heterocycles. The fraction of sp³-hybridized carbons (Fsp3) is 0.389. The molecule has 2 rings (SSSR count). The fourth-order valence-electron chi connectivity index (χ4n) is 2.33. The maximum Gasteiger partial charge on any atom is 0.378 e. The molecule has 1 aromatic heterocycles. The molecule has 1 unspecified atom stereocenters. The molecule has 0 aliphatic heterocycles. The highest BCUT2D eigenvalue weighted by atomic mass is 35.5. The molecular formula is C18H22ClO7P. The topological polar surface area (TPSA) is 84.2 Å². The molecule has 9 heteroatoms. The molecule has 1 aromatic carbocycles. The van der Waals surface area contributed by atoms with E-state index in [1.165, 1.54) is 26.5 Å². The lowest BCUT2D eigenvalue weighted by atomic mass is 10.2. The van der Waals surface area contributed by atoms with Gasteiger partial charge in [0.25, 0.3) is 5.85 Å². The number of carbonyl (C=O) groups is 1. The molecule has 1 heterocycles. The molecule has 0 N–H and O–H groups in total. The zero-order valence-electron chi connectivity index (χ0n) is 15.3. The van der Waals surface area contributed by atoms with Gasteiger partial charge < -0.3 is 22.9 Å². The van der Waals surface area contributed by atoms with Crippen LogP contribution in [0.15, 0.2) is 41.0 Å². The summed E-state index contributed by atoms with van der Waals surface area (Å²) in [6, 6.07) is 8.44. The Morgan fingerprint density at radius 2 is 2.00 bits per heavy atom. The summed E-state index contributed by atoms with van der Waals surface area (Å²) in [4.78, 5) is 12.2. The number of ether oxygens (including phenoxy) is 2. The Morgan fingerprint density at radius 1 is 1.26 bits per heavy atom. The molecule has 0 bridgehead atoms. The van der Waals surface area contributed by atoms with E-state index >= 15 is 0 Å². The number of benzene rings is 1. The number of hydrogen-bond acceptors (Lipinski definition) is 7. The van der Waals surface area contributed by atoms with Crippen LogP contribution in [0.5, 0.6) is 5.75 Å². The second-order valence-corrected chi connectivity index (χ2v) is 8.34. The molecule has 7 nitrogen and oxygen atoms in total. The van der Waals surface area contributed by atoms with Gasteiger partial charge in [0, 0.05) is 25.7 Å². The Hall–Kier alpha value is -1.79. The number of hydrogen-bond donors (Lipinski definition) is 0. The standard InChI is InChI=1S/C18H22ClO7P/c1-13-12-14(19)8-9-15(13)24-11-5-7-17(20)26-18(16-6-4-10-25-16)27(21,22-2)23-3/h4,6,8-10,12,18H,5,7,11H2,1-3H3. The first-order chi connectivity index (χ1) is 12.9. The van der Waals surface area contributed by atoms with E-state index in [2.05, 4.69) is 0 Å². The van der Waals surface area contributed by atoms with Crippen LogP contribution in [0.3, 0.4) is 0 Å². The highest BCUT2D eigenvalue weighted by molar-refractivity contribution is 7.54. The van der Waals surface area contributed by atoms with E-state index in [1.54, 1.807) is 24.3 Å². The summed E-state index contributed by atoms with van der Waals surface area (Å²) >= 11 is 5.90. The number of furan rings is 1. The van der Waals surface area contributed by atoms with Crippen molar-refractivity contribution in [3.8, 4) is 5.75 Å². The summed E-state index contributed by atoms with van der Waals surface area (Å²) < 4.78 is 38.7. The Bertz CT molecular complexity index is 783. The molecule has 0 saturated carbocycles. The zero-order chi connectivity index (χ0) is 19.9. The van der Waals surface area contributed by atoms with E-state index in [9.17, 15) is 9.36 Å². The van der Waals surface area contributed by atoms with E-state index in [-0.39, 0.29) is 12.2 Å². The molecule has 0 aliphatic rings. The van der Waals surface area contributed by atoms with Crippen LogP contribution in [0, 0.1) is 6.92 Å². The van der Waals surface area contributed by atoms with Gasteiger partial charge in [0.15, 0.2) is 5.76 Å². The normalized spacial score (nSPS) is 12.6. The second kappa shape index (κ2) is 9.95. The Labute approximate surface area is 163 Å². The van der Waals surface area contributed by atoms with Crippen molar-refractivity contribution in [1.82, 2.24) is 0 Å². The van der Waals surface area contributed by atoms with Crippen molar-refractivity contribution in [2.45, 2.75) is 25.6 Å². The second-order valence-electron chi connectivity index (χ2n) is 5.62. The van der Waals surface area contributed by atoms with Crippen LogP contribution >= 0.6 is 19.2 Å². The maximum absolute atomic E-state index is 12.6. The van der Waals surface area contributed by atoms with Gasteiger partial charge in [-0.3, -0.25) is 9.36 Å². The lowest BCUT2D eigenvalue weighted by Crippen LogP contribution is -2.14. The predicted octanol–water partition coefficient (Wildman–Crippen LogP) is 5.13. The van der Waals surface area contributed by atoms with Gasteiger partial charge >= 0.3 is 13.6 Å². The fourth-order valence-corrected chi connectivity index (χ4v) is 3.80. The largest absolute Gasteiger partial charge is 0.493 e. The van der Waals surface area contributed by atoms with Crippen LogP contribution in [0.2, 0.25) is 5.02 Å². The lowest BCUT2D eigenvalue weighted by molar-refractivity contribution is -0.147. The first-order valence-corrected chi connectivity index (χ1v) is 10.2. The Morgan fingerprint density at radius 3 is 2.59 bits per heavy atom. The highest BCUT2D eigenvalue weighted by Crippen LogP contribution is 2.60. The molecule has 0 spiro atoms. The summed E-state index contributed by atoms with van der Waals surface area (Å²) in [5.41, 5.74) is 0.907. The first-order valence-electron chi connectivity index (χ1n) is 8.22. The molecule has 0 radical (unpaired) electrons. The van der Waals surface area contributed by atoms with Crippen molar-refractivity contribution in [3.05, 3.63) is 52.9 Å². The van der Waals surface area contributed by atoms with Gasteiger partial charge in [-0.2, -0.15) is 0 Å². The zero-order valence-corrected chi connectivity index (χ0v) is 17.0. The molecular weight excluding hydrogens is 395 g/mol. The van der Waals surface area contributed by atoms with Crippen LogP contribution in [0.25, 0.3) is 0 Å². The summed E-state index contributed by atoms with van der Waals surface area (Å²) in [5, 5.41) is 0.633. The van der Waals surface area contributed by atoms with Gasteiger partial charge in [0.1, 0.15) is 5.75 Å². The minimum absolute atomic E-state index is 0.0667. The van der Waals surface area contributed by atoms with Crippen LogP contribution in [0.4, 0.5) is 0 Å². The third-order valence-electron chi connectivity index (χ3n) is 3.75. The van der Waals surface area contributed by atoms with E-state index < -0.39 is 19.4 Å². The SMILES string of the molecule is COP(=O)(OC)C(OC(=O)CCCOc1ccc(Cl)cc1C)c1ccco1. The molecule has 27 heavy (non-hydrogen) atoms. The van der Waals surface area contributed by atoms with Crippen LogP contribution < -0.4 is 4.74 Å². The van der Waals surface area contributed by atoms with E-state index in [0.717, 1.165) is 5.56 Å². The summed E-state index contributed by atoms with van der Waals surface area (Å²) in [5.74, 6) is -0.954. The number of halogens is 1. The van der Waals surface area contributed by atoms with Gasteiger partial charge in [0.2, 0.25) is 0 Å². The van der Waals surface area contributed by atoms with Crippen molar-refractivity contribution >= 4 is 25.2 Å². The summed E-state index contributed by atoms with van der Waals surface area (Å²) in [6.45, 7) is 2.20. The third-order valence-corrected chi connectivity index (χ3v) is 5.93. The van der Waals surface area contributed by atoms with E-state index in [4.69, 9.17) is 34.5 Å². The molecule has 0 aliphatic carbocycles. The van der Waals surface area contributed by atoms with E-state index in [1.807, 2.05) is 6.92 Å². The van der Waals surface area contributed by atoms with Gasteiger partial charge in [-0.1, -0.05) is 11.6 Å². The maximum atomic E-state index is 12.6. The average Bonchev–Trinajstić information content (AvgIpc) is 3.18. The molecule has 0 amide bonds. The Kier molecular flexibility index (Phi) is 7.92. The number of carbonyl (C=O) groups excluding carboxylic acids is 1.